The van der Waals surface area contributed by atoms with Crippen LogP contribution >= 0.6 is 0 Å². The highest BCUT2D eigenvalue weighted by molar-refractivity contribution is 6.07. The van der Waals surface area contributed by atoms with E-state index in [1.165, 1.54) is 6.20 Å². The van der Waals surface area contributed by atoms with Gasteiger partial charge in [-0.1, -0.05) is 12.1 Å². The largest absolute Gasteiger partial charge is 0.439 e. The molecule has 1 fully saturated rings. The Morgan fingerprint density at radius 3 is 2.47 bits per heavy atom. The van der Waals surface area contributed by atoms with Gasteiger partial charge in [-0.3, -0.25) is 14.9 Å². The third-order valence-electron chi connectivity index (χ3n) is 6.45. The van der Waals surface area contributed by atoms with Crippen molar-refractivity contribution in [1.29, 1.82) is 0 Å². The van der Waals surface area contributed by atoms with Crippen molar-refractivity contribution in [2.24, 2.45) is 0 Å². The van der Waals surface area contributed by atoms with Gasteiger partial charge in [0.1, 0.15) is 5.75 Å². The molecule has 3 aromatic carbocycles. The third kappa shape index (κ3) is 5.57. The maximum Gasteiger partial charge on any atom is 0.258 e. The van der Waals surface area contributed by atoms with Crippen LogP contribution in [-0.2, 0) is 0 Å². The molecule has 38 heavy (non-hydrogen) atoms. The van der Waals surface area contributed by atoms with Crippen molar-refractivity contribution in [2.75, 3.05) is 30.4 Å². The Kier molecular flexibility index (Phi) is 7.19. The summed E-state index contributed by atoms with van der Waals surface area (Å²) in [5, 5.41) is 10.6. The minimum absolute atomic E-state index is 0.143. The lowest BCUT2D eigenvalue weighted by Crippen LogP contribution is -2.54. The van der Waals surface area contributed by atoms with E-state index in [0.717, 1.165) is 29.5 Å². The van der Waals surface area contributed by atoms with E-state index in [4.69, 9.17) is 4.74 Å². The molecule has 0 saturated carbocycles. The van der Waals surface area contributed by atoms with Gasteiger partial charge in [-0.15, -0.1) is 0 Å². The van der Waals surface area contributed by atoms with E-state index in [-0.39, 0.29) is 23.6 Å². The fourth-order valence-electron chi connectivity index (χ4n) is 4.77. The van der Waals surface area contributed by atoms with E-state index < -0.39 is 0 Å². The van der Waals surface area contributed by atoms with Crippen LogP contribution in [0, 0.1) is 0 Å². The summed E-state index contributed by atoms with van der Waals surface area (Å²) >= 11 is 0. The molecule has 1 saturated heterocycles. The Balaban J connectivity index is 1.26. The molecule has 2 amide bonds. The molecule has 0 bridgehead atoms. The van der Waals surface area contributed by atoms with Crippen LogP contribution in [0.2, 0.25) is 0 Å². The van der Waals surface area contributed by atoms with Gasteiger partial charge in [-0.05, 0) is 73.2 Å². The van der Waals surface area contributed by atoms with Gasteiger partial charge in [0.2, 0.25) is 11.8 Å². The Morgan fingerprint density at radius 1 is 0.974 bits per heavy atom. The maximum atomic E-state index is 12.8. The normalized spacial score (nSPS) is 17.2. The van der Waals surface area contributed by atoms with Crippen LogP contribution in [0.5, 0.6) is 11.6 Å². The molecular formula is C29H30N6O3. The topological polar surface area (TPSA) is 108 Å². The summed E-state index contributed by atoms with van der Waals surface area (Å²) in [6.45, 7) is 6.18. The summed E-state index contributed by atoms with van der Waals surface area (Å²) in [7, 11) is 1.60. The second kappa shape index (κ2) is 10.9. The van der Waals surface area contributed by atoms with E-state index >= 15 is 0 Å². The van der Waals surface area contributed by atoms with Crippen molar-refractivity contribution in [3.63, 3.8) is 0 Å². The summed E-state index contributed by atoms with van der Waals surface area (Å²) in [5.74, 6) is 0.527. The van der Waals surface area contributed by atoms with Gasteiger partial charge in [0.15, 0.2) is 0 Å². The third-order valence-corrected chi connectivity index (χ3v) is 6.45. The molecule has 0 unspecified atom stereocenters. The molecule has 9 heteroatoms. The van der Waals surface area contributed by atoms with Crippen LogP contribution in [-0.4, -0.2) is 54.0 Å². The molecule has 0 radical (unpaired) electrons. The first-order valence-corrected chi connectivity index (χ1v) is 12.6. The number of carbonyl (C=O) groups excluding carboxylic acids is 2. The second-order valence-corrected chi connectivity index (χ2v) is 9.46. The van der Waals surface area contributed by atoms with Crippen LogP contribution < -0.4 is 25.6 Å². The number of piperazine rings is 1. The maximum absolute atomic E-state index is 12.8. The molecule has 3 N–H and O–H groups in total. The van der Waals surface area contributed by atoms with Crippen molar-refractivity contribution >= 4 is 34.2 Å². The molecule has 1 aromatic heterocycles. The summed E-state index contributed by atoms with van der Waals surface area (Å²) in [5.41, 5.74) is 2.20. The van der Waals surface area contributed by atoms with Crippen LogP contribution in [0.25, 0.3) is 10.8 Å². The molecule has 194 valence electrons. The van der Waals surface area contributed by atoms with Crippen molar-refractivity contribution in [1.82, 2.24) is 20.6 Å². The Morgan fingerprint density at radius 2 is 1.74 bits per heavy atom. The number of nitrogens with zero attached hydrogens (tertiary/aromatic N) is 3. The molecular weight excluding hydrogens is 480 g/mol. The second-order valence-electron chi connectivity index (χ2n) is 9.46. The first-order chi connectivity index (χ1) is 18.4. The molecule has 5 rings (SSSR count). The minimum atomic E-state index is -0.303. The van der Waals surface area contributed by atoms with Gasteiger partial charge in [0.05, 0.1) is 0 Å². The number of aromatic nitrogens is 2. The summed E-state index contributed by atoms with van der Waals surface area (Å²) < 4.78 is 5.93. The first kappa shape index (κ1) is 25.2. The van der Waals surface area contributed by atoms with Crippen molar-refractivity contribution in [3.05, 3.63) is 84.1 Å². The SMILES string of the molecule is CNC(=O)c1cccc2cc(Oc3ccnc(NC(=O)c4ccc(N5C[C@@H](C)N[C@@H](C)C5)cc4)n3)ccc12. The van der Waals surface area contributed by atoms with Crippen molar-refractivity contribution in [3.8, 4) is 11.6 Å². The molecule has 1 aliphatic rings. The predicted octanol–water partition coefficient (Wildman–Crippen LogP) is 4.22. The van der Waals surface area contributed by atoms with Gasteiger partial charge >= 0.3 is 0 Å². The lowest BCUT2D eigenvalue weighted by atomic mass is 10.0. The first-order valence-electron chi connectivity index (χ1n) is 12.6. The molecule has 2 heterocycles. The highest BCUT2D eigenvalue weighted by Gasteiger charge is 2.21. The fraction of sp³-hybridized carbons (Fsp3) is 0.241. The average molecular weight is 511 g/mol. The monoisotopic (exact) mass is 510 g/mol. The number of amides is 2. The molecule has 9 nitrogen and oxygen atoms in total. The number of ether oxygens (including phenoxy) is 1. The minimum Gasteiger partial charge on any atom is -0.439 e. The number of carbonyl (C=O) groups is 2. The van der Waals surface area contributed by atoms with Gasteiger partial charge in [-0.25, -0.2) is 4.98 Å². The molecule has 0 aliphatic carbocycles. The van der Waals surface area contributed by atoms with Crippen LogP contribution in [0.3, 0.4) is 0 Å². The van der Waals surface area contributed by atoms with Gasteiger partial charge in [-0.2, -0.15) is 4.98 Å². The Labute approximate surface area is 221 Å². The van der Waals surface area contributed by atoms with Crippen LogP contribution in [0.1, 0.15) is 34.6 Å². The molecule has 2 atom stereocenters. The highest BCUT2D eigenvalue weighted by Crippen LogP contribution is 2.27. The number of nitrogens with one attached hydrogen (secondary N) is 3. The number of benzene rings is 3. The molecule has 1 aliphatic heterocycles. The zero-order valence-corrected chi connectivity index (χ0v) is 21.6. The Hall–Kier alpha value is -4.50. The molecule has 0 spiro atoms. The number of fused-ring (bicyclic) bond motifs is 1. The van der Waals surface area contributed by atoms with E-state index in [1.807, 2.05) is 48.5 Å². The quantitative estimate of drug-likeness (QED) is 0.356. The zero-order chi connectivity index (χ0) is 26.6. The summed E-state index contributed by atoms with van der Waals surface area (Å²) in [6.07, 6.45) is 1.53. The van der Waals surface area contributed by atoms with Crippen molar-refractivity contribution in [2.45, 2.75) is 25.9 Å². The van der Waals surface area contributed by atoms with Crippen LogP contribution in [0.4, 0.5) is 11.6 Å². The number of rotatable bonds is 6. The van der Waals surface area contributed by atoms with E-state index in [2.05, 4.69) is 44.7 Å². The lowest BCUT2D eigenvalue weighted by molar-refractivity contribution is 0.0963. The van der Waals surface area contributed by atoms with Crippen LogP contribution in [0.15, 0.2) is 72.9 Å². The number of hydrogen-bond acceptors (Lipinski definition) is 7. The number of anilines is 2. The summed E-state index contributed by atoms with van der Waals surface area (Å²) in [4.78, 5) is 35.8. The van der Waals surface area contributed by atoms with Crippen molar-refractivity contribution < 1.29 is 14.3 Å². The average Bonchev–Trinajstić information content (AvgIpc) is 2.92. The lowest BCUT2D eigenvalue weighted by Gasteiger charge is -2.37. The summed E-state index contributed by atoms with van der Waals surface area (Å²) in [6, 6.07) is 20.9. The van der Waals surface area contributed by atoms with E-state index in [1.54, 1.807) is 25.2 Å². The highest BCUT2D eigenvalue weighted by atomic mass is 16.5. The zero-order valence-electron chi connectivity index (χ0n) is 21.6. The van der Waals surface area contributed by atoms with Gasteiger partial charge < -0.3 is 20.3 Å². The Bertz CT molecular complexity index is 1460. The predicted molar refractivity (Wildman–Crippen MR) is 148 cm³/mol. The number of hydrogen-bond donors (Lipinski definition) is 3. The van der Waals surface area contributed by atoms with E-state index in [0.29, 0.717) is 29.0 Å². The van der Waals surface area contributed by atoms with Gasteiger partial charge in [0.25, 0.3) is 11.8 Å². The van der Waals surface area contributed by atoms with E-state index in [9.17, 15) is 9.59 Å². The molecule has 4 aromatic rings. The smallest absolute Gasteiger partial charge is 0.258 e. The van der Waals surface area contributed by atoms with Gasteiger partial charge in [0, 0.05) is 61.3 Å². The fourth-order valence-corrected chi connectivity index (χ4v) is 4.77. The standard InChI is InChI=1S/C29H30N6O3/c1-18-16-35(17-19(2)32-18)22-9-7-20(8-10-22)27(36)34-29-31-14-13-26(33-29)38-23-11-12-24-21(15-23)5-4-6-25(24)28(37)30-3/h4-15,18-19,32H,16-17H2,1-3H3,(H,30,37)(H,31,33,34,36)/t18-,19+.